The second-order valence-corrected chi connectivity index (χ2v) is 3.28. The second-order valence-electron chi connectivity index (χ2n) is 3.28. The van der Waals surface area contributed by atoms with Crippen LogP contribution in [0, 0.1) is 6.92 Å². The number of pyridine rings is 1. The minimum Gasteiger partial charge on any atom is -0.476 e. The maximum atomic E-state index is 10.6. The van der Waals surface area contributed by atoms with Crippen molar-refractivity contribution >= 4 is 5.97 Å². The van der Waals surface area contributed by atoms with Crippen LogP contribution in [0.25, 0.3) is 0 Å². The van der Waals surface area contributed by atoms with Crippen molar-refractivity contribution in [3.05, 3.63) is 42.1 Å². The summed E-state index contributed by atoms with van der Waals surface area (Å²) in [6.07, 6.45) is 3.95. The Bertz CT molecular complexity index is 523. The average molecular weight is 231 g/mol. The molecule has 0 spiro atoms. The number of hydrogen-bond acceptors (Lipinski definition) is 5. The highest BCUT2D eigenvalue weighted by atomic mass is 16.5. The van der Waals surface area contributed by atoms with Gasteiger partial charge in [-0.05, 0) is 19.1 Å². The van der Waals surface area contributed by atoms with E-state index in [0.29, 0.717) is 5.75 Å². The molecule has 0 aliphatic heterocycles. The van der Waals surface area contributed by atoms with Crippen molar-refractivity contribution < 1.29 is 14.6 Å². The number of rotatable bonds is 3. The summed E-state index contributed by atoms with van der Waals surface area (Å²) in [6, 6.07) is 3.55. The zero-order chi connectivity index (χ0) is 12.3. The lowest BCUT2D eigenvalue weighted by atomic mass is 10.4. The third-order valence-electron chi connectivity index (χ3n) is 1.95. The second kappa shape index (κ2) is 4.56. The quantitative estimate of drug-likeness (QED) is 0.864. The number of ether oxygens (including phenoxy) is 1. The van der Waals surface area contributed by atoms with Crippen LogP contribution in [0.4, 0.5) is 0 Å². The Hall–Kier alpha value is -2.50. The Morgan fingerprint density at radius 3 is 2.53 bits per heavy atom. The number of carboxylic acid groups (broad SMARTS) is 1. The monoisotopic (exact) mass is 231 g/mol. The average Bonchev–Trinajstić information content (AvgIpc) is 2.33. The predicted octanol–water partition coefficient (Wildman–Crippen LogP) is 1.67. The minimum absolute atomic E-state index is 0.126. The van der Waals surface area contributed by atoms with Crippen molar-refractivity contribution in [2.45, 2.75) is 6.92 Å². The smallest absolute Gasteiger partial charge is 0.356 e. The van der Waals surface area contributed by atoms with E-state index < -0.39 is 5.97 Å². The molecular weight excluding hydrogens is 222 g/mol. The highest BCUT2D eigenvalue weighted by molar-refractivity contribution is 5.84. The van der Waals surface area contributed by atoms with E-state index in [2.05, 4.69) is 15.0 Å². The summed E-state index contributed by atoms with van der Waals surface area (Å²) >= 11 is 0. The predicted molar refractivity (Wildman–Crippen MR) is 58.0 cm³/mol. The molecule has 86 valence electrons. The van der Waals surface area contributed by atoms with Crippen LogP contribution >= 0.6 is 0 Å². The summed E-state index contributed by atoms with van der Waals surface area (Å²) < 4.78 is 5.34. The van der Waals surface area contributed by atoms with Gasteiger partial charge in [-0.3, -0.25) is 4.98 Å². The van der Waals surface area contributed by atoms with E-state index in [1.54, 1.807) is 18.3 Å². The van der Waals surface area contributed by atoms with E-state index in [-0.39, 0.29) is 11.6 Å². The number of carbonyl (C=O) groups is 1. The van der Waals surface area contributed by atoms with Gasteiger partial charge in [0.1, 0.15) is 5.75 Å². The first-order valence-electron chi connectivity index (χ1n) is 4.81. The molecule has 0 atom stereocenters. The van der Waals surface area contributed by atoms with Crippen LogP contribution in [0.1, 0.15) is 16.2 Å². The number of aromatic nitrogens is 3. The van der Waals surface area contributed by atoms with Gasteiger partial charge in [-0.15, -0.1) is 0 Å². The van der Waals surface area contributed by atoms with Gasteiger partial charge in [0.25, 0.3) is 0 Å². The van der Waals surface area contributed by atoms with Gasteiger partial charge in [0.05, 0.1) is 18.6 Å². The lowest BCUT2D eigenvalue weighted by Gasteiger charge is -2.03. The van der Waals surface area contributed by atoms with E-state index >= 15 is 0 Å². The van der Waals surface area contributed by atoms with Crippen LogP contribution in [0.15, 0.2) is 30.7 Å². The number of hydrogen-bond donors (Lipinski definition) is 1. The van der Waals surface area contributed by atoms with Gasteiger partial charge in [-0.1, -0.05) is 0 Å². The first-order chi connectivity index (χ1) is 8.15. The number of aromatic carboxylic acids is 1. The van der Waals surface area contributed by atoms with Gasteiger partial charge in [-0.2, -0.15) is 0 Å². The number of aryl methyl sites for hydroxylation is 1. The van der Waals surface area contributed by atoms with Crippen LogP contribution in [-0.2, 0) is 0 Å². The van der Waals surface area contributed by atoms with Crippen molar-refractivity contribution in [2.75, 3.05) is 0 Å². The molecule has 2 heterocycles. The topological polar surface area (TPSA) is 85.2 Å². The normalized spacial score (nSPS) is 9.94. The summed E-state index contributed by atoms with van der Waals surface area (Å²) in [7, 11) is 0. The zero-order valence-electron chi connectivity index (χ0n) is 8.99. The Balaban J connectivity index is 2.13. The van der Waals surface area contributed by atoms with Gasteiger partial charge < -0.3 is 9.84 Å². The Morgan fingerprint density at radius 1 is 1.18 bits per heavy atom. The first-order valence-corrected chi connectivity index (χ1v) is 4.81. The third-order valence-corrected chi connectivity index (χ3v) is 1.95. The molecule has 0 aromatic carbocycles. The number of carboxylic acids is 1. The molecule has 1 N–H and O–H groups in total. The highest BCUT2D eigenvalue weighted by Crippen LogP contribution is 2.17. The van der Waals surface area contributed by atoms with E-state index in [4.69, 9.17) is 9.84 Å². The molecule has 0 saturated carbocycles. The summed E-state index contributed by atoms with van der Waals surface area (Å²) in [5, 5.41) is 8.64. The Labute approximate surface area is 96.9 Å². The van der Waals surface area contributed by atoms with Crippen molar-refractivity contribution in [2.24, 2.45) is 0 Å². The van der Waals surface area contributed by atoms with E-state index in [1.807, 2.05) is 6.92 Å². The van der Waals surface area contributed by atoms with Crippen LogP contribution < -0.4 is 4.74 Å². The van der Waals surface area contributed by atoms with Crippen molar-refractivity contribution in [1.29, 1.82) is 0 Å². The molecule has 17 heavy (non-hydrogen) atoms. The van der Waals surface area contributed by atoms with Gasteiger partial charge >= 0.3 is 5.97 Å². The molecule has 0 unspecified atom stereocenters. The molecule has 2 aromatic rings. The molecule has 0 aliphatic carbocycles. The van der Waals surface area contributed by atoms with Crippen molar-refractivity contribution in [1.82, 2.24) is 15.0 Å². The van der Waals surface area contributed by atoms with E-state index in [9.17, 15) is 4.79 Å². The van der Waals surface area contributed by atoms with Crippen LogP contribution in [0.5, 0.6) is 11.6 Å². The molecule has 6 nitrogen and oxygen atoms in total. The van der Waals surface area contributed by atoms with Crippen molar-refractivity contribution in [3.63, 3.8) is 0 Å². The Kier molecular flexibility index (Phi) is 2.95. The molecule has 0 fully saturated rings. The van der Waals surface area contributed by atoms with Gasteiger partial charge in [0.2, 0.25) is 5.88 Å². The van der Waals surface area contributed by atoms with Crippen molar-refractivity contribution in [3.8, 4) is 11.6 Å². The highest BCUT2D eigenvalue weighted by Gasteiger charge is 2.05. The molecule has 6 heteroatoms. The molecule has 0 radical (unpaired) electrons. The summed E-state index contributed by atoms with van der Waals surface area (Å²) in [6.45, 7) is 1.87. The maximum absolute atomic E-state index is 10.6. The largest absolute Gasteiger partial charge is 0.476 e. The van der Waals surface area contributed by atoms with E-state index in [1.165, 1.54) is 6.20 Å². The lowest BCUT2D eigenvalue weighted by molar-refractivity contribution is 0.0690. The Morgan fingerprint density at radius 2 is 2.00 bits per heavy atom. The van der Waals surface area contributed by atoms with E-state index in [0.717, 1.165) is 11.9 Å². The zero-order valence-corrected chi connectivity index (χ0v) is 8.99. The fourth-order valence-corrected chi connectivity index (χ4v) is 1.11. The fraction of sp³-hybridized carbons (Fsp3) is 0.0909. The van der Waals surface area contributed by atoms with Gasteiger partial charge in [0.15, 0.2) is 5.69 Å². The molecular formula is C11H9N3O3. The van der Waals surface area contributed by atoms with Gasteiger partial charge in [-0.25, -0.2) is 14.8 Å². The molecule has 0 bridgehead atoms. The fourth-order valence-electron chi connectivity index (χ4n) is 1.11. The lowest BCUT2D eigenvalue weighted by Crippen LogP contribution is -2.01. The van der Waals surface area contributed by atoms with Crippen LogP contribution in [-0.4, -0.2) is 26.0 Å². The van der Waals surface area contributed by atoms with Gasteiger partial charge in [0, 0.05) is 5.69 Å². The molecule has 0 amide bonds. The maximum Gasteiger partial charge on any atom is 0.356 e. The first kappa shape index (κ1) is 11.0. The molecule has 0 aliphatic rings. The summed E-state index contributed by atoms with van der Waals surface area (Å²) in [5.41, 5.74) is 0.754. The summed E-state index contributed by atoms with van der Waals surface area (Å²) in [5.74, 6) is -0.380. The molecule has 0 saturated heterocycles. The van der Waals surface area contributed by atoms with Crippen LogP contribution in [0.2, 0.25) is 0 Å². The third kappa shape index (κ3) is 2.75. The summed E-state index contributed by atoms with van der Waals surface area (Å²) in [4.78, 5) is 22.1. The molecule has 2 aromatic heterocycles. The van der Waals surface area contributed by atoms with Crippen LogP contribution in [0.3, 0.4) is 0 Å². The standard InChI is InChI=1S/C11H9N3O3/c1-7-2-3-8(4-12-7)17-10-6-13-9(5-14-10)11(15)16/h2-6H,1H3,(H,15,16). The number of nitrogens with zero attached hydrogens (tertiary/aromatic N) is 3. The minimum atomic E-state index is -1.12. The molecule has 2 rings (SSSR count). The SMILES string of the molecule is Cc1ccc(Oc2cnc(C(=O)O)cn2)cn1.